The summed E-state index contributed by atoms with van der Waals surface area (Å²) in [5.41, 5.74) is 4.66. The predicted molar refractivity (Wildman–Crippen MR) is 134 cm³/mol. The zero-order valence-corrected chi connectivity index (χ0v) is 18.9. The summed E-state index contributed by atoms with van der Waals surface area (Å²) in [7, 11) is 1.62. The minimum absolute atomic E-state index is 0.150. The third-order valence-electron chi connectivity index (χ3n) is 5.01. The van der Waals surface area contributed by atoms with Gasteiger partial charge < -0.3 is 15.4 Å². The molecule has 0 spiro atoms. The summed E-state index contributed by atoms with van der Waals surface area (Å²) >= 11 is 0. The summed E-state index contributed by atoms with van der Waals surface area (Å²) in [4.78, 5) is 23.7. The second-order valence-corrected chi connectivity index (χ2v) is 7.52. The van der Waals surface area contributed by atoms with Gasteiger partial charge in [-0.1, -0.05) is 18.2 Å². The largest absolute Gasteiger partial charge is 0.497 e. The van der Waals surface area contributed by atoms with E-state index in [-0.39, 0.29) is 11.8 Å². The Morgan fingerprint density at radius 1 is 0.882 bits per heavy atom. The molecule has 0 radical (unpaired) electrons. The van der Waals surface area contributed by atoms with Crippen LogP contribution in [0.3, 0.4) is 0 Å². The molecule has 34 heavy (non-hydrogen) atoms. The highest BCUT2D eigenvalue weighted by molar-refractivity contribution is 6.02. The van der Waals surface area contributed by atoms with Gasteiger partial charge in [-0.05, 0) is 66.7 Å². The van der Waals surface area contributed by atoms with Crippen molar-refractivity contribution in [2.75, 3.05) is 17.7 Å². The lowest BCUT2D eigenvalue weighted by molar-refractivity contribution is -0.114. The fourth-order valence-electron chi connectivity index (χ4n) is 3.39. The topological polar surface area (TPSA) is 85.2 Å². The Balaban J connectivity index is 1.57. The number of amides is 2. The minimum Gasteiger partial charge on any atom is -0.497 e. The van der Waals surface area contributed by atoms with Gasteiger partial charge in [0.15, 0.2) is 0 Å². The molecule has 0 aliphatic rings. The molecule has 4 aromatic rings. The van der Waals surface area contributed by atoms with E-state index in [4.69, 9.17) is 9.84 Å². The molecule has 170 valence electrons. The second-order valence-electron chi connectivity index (χ2n) is 7.52. The summed E-state index contributed by atoms with van der Waals surface area (Å²) < 4.78 is 7.05. The van der Waals surface area contributed by atoms with Crippen molar-refractivity contribution in [2.45, 2.75) is 6.92 Å². The van der Waals surface area contributed by atoms with E-state index in [0.717, 1.165) is 28.3 Å². The van der Waals surface area contributed by atoms with Gasteiger partial charge in [0.1, 0.15) is 5.75 Å². The first-order valence-electron chi connectivity index (χ1n) is 10.7. The van der Waals surface area contributed by atoms with Crippen molar-refractivity contribution in [3.63, 3.8) is 0 Å². The fraction of sp³-hybridized carbons (Fsp3) is 0.0741. The highest BCUT2D eigenvalue weighted by Gasteiger charge is 2.11. The average Bonchev–Trinajstić information content (AvgIpc) is 3.29. The number of nitrogens with zero attached hydrogens (tertiary/aromatic N) is 2. The van der Waals surface area contributed by atoms with E-state index in [1.54, 1.807) is 42.1 Å². The Kier molecular flexibility index (Phi) is 6.84. The SMILES string of the molecule is COc1ccc(-c2nn(-c3ccccc3)cc2/C=C/C(=O)Nc2ccc(NC(C)=O)cc2)cc1. The van der Waals surface area contributed by atoms with Crippen molar-refractivity contribution in [2.24, 2.45) is 0 Å². The molecule has 0 fully saturated rings. The first-order chi connectivity index (χ1) is 16.5. The number of methoxy groups -OCH3 is 1. The standard InChI is InChI=1S/C27H24N4O3/c1-19(32)28-22-11-13-23(14-12-22)29-26(33)17-10-21-18-31(24-6-4-3-5-7-24)30-27(21)20-8-15-25(34-2)16-9-20/h3-18H,1-2H3,(H,28,32)(H,29,33)/b17-10+. The molecule has 0 saturated carbocycles. The van der Waals surface area contributed by atoms with Crippen LogP contribution in [0.1, 0.15) is 12.5 Å². The molecule has 0 aliphatic carbocycles. The van der Waals surface area contributed by atoms with E-state index in [0.29, 0.717) is 11.4 Å². The number of hydrogen-bond donors (Lipinski definition) is 2. The fourth-order valence-corrected chi connectivity index (χ4v) is 3.39. The average molecular weight is 453 g/mol. The molecule has 0 unspecified atom stereocenters. The number of carbonyl (C=O) groups is 2. The minimum atomic E-state index is -0.277. The van der Waals surface area contributed by atoms with Gasteiger partial charge in [0.2, 0.25) is 11.8 Å². The maximum atomic E-state index is 12.5. The van der Waals surface area contributed by atoms with Gasteiger partial charge >= 0.3 is 0 Å². The van der Waals surface area contributed by atoms with E-state index in [2.05, 4.69) is 10.6 Å². The maximum Gasteiger partial charge on any atom is 0.248 e. The van der Waals surface area contributed by atoms with Crippen LogP contribution in [0, 0.1) is 0 Å². The first-order valence-corrected chi connectivity index (χ1v) is 10.7. The molecular formula is C27H24N4O3. The lowest BCUT2D eigenvalue weighted by atomic mass is 10.1. The number of aromatic nitrogens is 2. The Bertz CT molecular complexity index is 1310. The molecule has 7 heteroatoms. The third-order valence-corrected chi connectivity index (χ3v) is 5.01. The van der Waals surface area contributed by atoms with E-state index >= 15 is 0 Å². The van der Waals surface area contributed by atoms with Crippen LogP contribution in [0.5, 0.6) is 5.75 Å². The first kappa shape index (κ1) is 22.5. The number of ether oxygens (including phenoxy) is 1. The highest BCUT2D eigenvalue weighted by atomic mass is 16.5. The number of benzene rings is 3. The van der Waals surface area contributed by atoms with Gasteiger partial charge in [0.05, 0.1) is 18.5 Å². The van der Waals surface area contributed by atoms with E-state index in [1.807, 2.05) is 60.8 Å². The predicted octanol–water partition coefficient (Wildman–Crippen LogP) is 5.16. The Labute approximate surface area is 197 Å². The Hall–Kier alpha value is -4.65. The summed E-state index contributed by atoms with van der Waals surface area (Å²) in [6.45, 7) is 1.45. The molecule has 2 amide bonds. The van der Waals surface area contributed by atoms with Gasteiger partial charge in [-0.15, -0.1) is 0 Å². The normalized spacial score (nSPS) is 10.8. The molecule has 1 heterocycles. The number of rotatable bonds is 7. The van der Waals surface area contributed by atoms with E-state index < -0.39 is 0 Å². The second kappa shape index (κ2) is 10.3. The van der Waals surface area contributed by atoms with Crippen LogP contribution in [0.25, 0.3) is 23.0 Å². The van der Waals surface area contributed by atoms with Crippen molar-refractivity contribution in [3.05, 3.63) is 96.7 Å². The number of hydrogen-bond acceptors (Lipinski definition) is 4. The summed E-state index contributed by atoms with van der Waals surface area (Å²) in [5, 5.41) is 10.3. The number of anilines is 2. The molecule has 7 nitrogen and oxygen atoms in total. The number of carbonyl (C=O) groups excluding carboxylic acids is 2. The van der Waals surface area contributed by atoms with Crippen molar-refractivity contribution in [1.29, 1.82) is 0 Å². The van der Waals surface area contributed by atoms with Gasteiger partial charge in [-0.25, -0.2) is 4.68 Å². The number of para-hydroxylation sites is 1. The maximum absolute atomic E-state index is 12.5. The van der Waals surface area contributed by atoms with Gasteiger partial charge in [0.25, 0.3) is 0 Å². The zero-order chi connectivity index (χ0) is 23.9. The smallest absolute Gasteiger partial charge is 0.248 e. The van der Waals surface area contributed by atoms with Crippen molar-refractivity contribution < 1.29 is 14.3 Å². The monoisotopic (exact) mass is 452 g/mol. The third kappa shape index (κ3) is 5.58. The van der Waals surface area contributed by atoms with Crippen LogP contribution in [-0.4, -0.2) is 28.7 Å². The van der Waals surface area contributed by atoms with Gasteiger partial charge in [-0.2, -0.15) is 5.10 Å². The molecule has 0 aliphatic heterocycles. The van der Waals surface area contributed by atoms with Gasteiger partial charge in [-0.3, -0.25) is 9.59 Å². The Morgan fingerprint density at radius 2 is 1.53 bits per heavy atom. The molecule has 4 rings (SSSR count). The molecule has 0 atom stereocenters. The van der Waals surface area contributed by atoms with Gasteiger partial charge in [0, 0.05) is 41.7 Å². The van der Waals surface area contributed by atoms with Crippen LogP contribution in [0.15, 0.2) is 91.1 Å². The van der Waals surface area contributed by atoms with E-state index in [9.17, 15) is 9.59 Å². The molecule has 1 aromatic heterocycles. The molecule has 0 bridgehead atoms. The lowest BCUT2D eigenvalue weighted by Gasteiger charge is -2.05. The lowest BCUT2D eigenvalue weighted by Crippen LogP contribution is -2.08. The van der Waals surface area contributed by atoms with Crippen LogP contribution >= 0.6 is 0 Å². The van der Waals surface area contributed by atoms with Crippen LogP contribution in [-0.2, 0) is 9.59 Å². The highest BCUT2D eigenvalue weighted by Crippen LogP contribution is 2.27. The summed E-state index contributed by atoms with van der Waals surface area (Å²) in [6, 6.07) is 24.3. The molecule has 3 aromatic carbocycles. The van der Waals surface area contributed by atoms with Crippen molar-refractivity contribution in [1.82, 2.24) is 9.78 Å². The Morgan fingerprint density at radius 3 is 2.15 bits per heavy atom. The van der Waals surface area contributed by atoms with Crippen LogP contribution in [0.2, 0.25) is 0 Å². The number of nitrogens with one attached hydrogen (secondary N) is 2. The van der Waals surface area contributed by atoms with E-state index in [1.165, 1.54) is 13.0 Å². The molecule has 2 N–H and O–H groups in total. The van der Waals surface area contributed by atoms with Crippen molar-refractivity contribution >= 4 is 29.3 Å². The summed E-state index contributed by atoms with van der Waals surface area (Å²) in [5.74, 6) is 0.330. The quantitative estimate of drug-likeness (QED) is 0.380. The zero-order valence-electron chi connectivity index (χ0n) is 18.9. The summed E-state index contributed by atoms with van der Waals surface area (Å²) in [6.07, 6.45) is 5.11. The molecule has 0 saturated heterocycles. The van der Waals surface area contributed by atoms with Crippen LogP contribution in [0.4, 0.5) is 11.4 Å². The molecular weight excluding hydrogens is 428 g/mol. The van der Waals surface area contributed by atoms with Crippen LogP contribution < -0.4 is 15.4 Å². The van der Waals surface area contributed by atoms with Crippen molar-refractivity contribution in [3.8, 4) is 22.7 Å².